The fourth-order valence-corrected chi connectivity index (χ4v) is 6.98. The van der Waals surface area contributed by atoms with Crippen molar-refractivity contribution in [3.8, 4) is 0 Å². The Morgan fingerprint density at radius 2 is 1.89 bits per heavy atom. The van der Waals surface area contributed by atoms with Crippen molar-refractivity contribution in [1.29, 1.82) is 0 Å². The first-order valence-electron chi connectivity index (χ1n) is 7.44. The molecule has 0 unspecified atom stereocenters. The average Bonchev–Trinajstić information content (AvgIpc) is 3.01. The number of hydrogen-bond donors (Lipinski definition) is 0. The van der Waals surface area contributed by atoms with Crippen molar-refractivity contribution in [3.63, 3.8) is 0 Å². The monoisotopic (exact) mass is 329 g/mol. The van der Waals surface area contributed by atoms with Crippen molar-refractivity contribution in [2.24, 2.45) is 28.1 Å². The molecule has 0 N–H and O–H groups in total. The fourth-order valence-electron chi connectivity index (χ4n) is 6.04. The molecule has 0 bridgehead atoms. The van der Waals surface area contributed by atoms with Crippen LogP contribution in [0.3, 0.4) is 0 Å². The number of halogens is 1. The van der Waals surface area contributed by atoms with E-state index in [0.29, 0.717) is 23.2 Å². The standard InChI is InChI=1S/C15H24BrNO2/c1-10-11-8-14(11)12(2,3)6-5-7-13(14,4)9-15(10,16)17(18)19/h10-11H,5-9H2,1-4H3/t10-,11+,13+,14+,15+/m1/s1. The predicted molar refractivity (Wildman–Crippen MR) is 78.7 cm³/mol. The second kappa shape index (κ2) is 3.55. The van der Waals surface area contributed by atoms with Crippen molar-refractivity contribution < 1.29 is 4.92 Å². The summed E-state index contributed by atoms with van der Waals surface area (Å²) in [5.41, 5.74) is 0.817. The normalized spacial score (nSPS) is 55.0. The zero-order chi connectivity index (χ0) is 14.3. The molecular formula is C15H24BrNO2. The fraction of sp³-hybridized carbons (Fsp3) is 1.00. The minimum absolute atomic E-state index is 0.0627. The number of nitrogens with zero attached hydrogens (tertiary/aromatic N) is 1. The molecule has 0 radical (unpaired) electrons. The van der Waals surface area contributed by atoms with E-state index in [1.54, 1.807) is 0 Å². The van der Waals surface area contributed by atoms with Crippen molar-refractivity contribution in [2.75, 3.05) is 0 Å². The van der Waals surface area contributed by atoms with E-state index < -0.39 is 4.45 Å². The lowest BCUT2D eigenvalue weighted by Crippen LogP contribution is -2.57. The van der Waals surface area contributed by atoms with Gasteiger partial charge in [0.1, 0.15) is 0 Å². The second-order valence-corrected chi connectivity index (χ2v) is 9.49. The first-order valence-corrected chi connectivity index (χ1v) is 8.23. The molecule has 0 aromatic carbocycles. The lowest BCUT2D eigenvalue weighted by atomic mass is 9.48. The van der Waals surface area contributed by atoms with Gasteiger partial charge in [0.25, 0.3) is 4.45 Å². The molecule has 0 saturated heterocycles. The molecule has 1 spiro atoms. The Bertz CT molecular complexity index is 451. The lowest BCUT2D eigenvalue weighted by Gasteiger charge is -2.57. The van der Waals surface area contributed by atoms with Gasteiger partial charge < -0.3 is 0 Å². The van der Waals surface area contributed by atoms with Crippen LogP contribution >= 0.6 is 15.9 Å². The highest BCUT2D eigenvalue weighted by molar-refractivity contribution is 9.10. The van der Waals surface area contributed by atoms with E-state index >= 15 is 0 Å². The predicted octanol–water partition coefficient (Wildman–Crippen LogP) is 4.62. The molecule has 5 atom stereocenters. The van der Waals surface area contributed by atoms with Gasteiger partial charge >= 0.3 is 0 Å². The maximum absolute atomic E-state index is 11.6. The molecule has 0 aromatic rings. The summed E-state index contributed by atoms with van der Waals surface area (Å²) < 4.78 is -0.903. The van der Waals surface area contributed by atoms with E-state index in [0.717, 1.165) is 6.42 Å². The summed E-state index contributed by atoms with van der Waals surface area (Å²) >= 11 is 3.53. The third-order valence-electron chi connectivity index (χ3n) is 7.07. The van der Waals surface area contributed by atoms with Crippen molar-refractivity contribution in [2.45, 2.75) is 64.2 Å². The maximum atomic E-state index is 11.6. The van der Waals surface area contributed by atoms with E-state index in [1.807, 2.05) is 0 Å². The average molecular weight is 330 g/mol. The lowest BCUT2D eigenvalue weighted by molar-refractivity contribution is -0.555. The van der Waals surface area contributed by atoms with Gasteiger partial charge in [0, 0.05) is 33.2 Å². The summed E-state index contributed by atoms with van der Waals surface area (Å²) in [7, 11) is 0. The maximum Gasteiger partial charge on any atom is 0.277 e. The van der Waals surface area contributed by atoms with E-state index in [1.165, 1.54) is 19.3 Å². The highest BCUT2D eigenvalue weighted by Crippen LogP contribution is 2.83. The van der Waals surface area contributed by atoms with Crippen LogP contribution < -0.4 is 0 Å². The van der Waals surface area contributed by atoms with Crippen LogP contribution in [0.15, 0.2) is 0 Å². The highest BCUT2D eigenvalue weighted by Gasteiger charge is 2.80. The molecule has 3 aliphatic rings. The van der Waals surface area contributed by atoms with Gasteiger partial charge in [-0.25, -0.2) is 0 Å². The van der Waals surface area contributed by atoms with Gasteiger partial charge in [-0.3, -0.25) is 10.1 Å². The first kappa shape index (κ1) is 13.8. The molecule has 3 rings (SSSR count). The van der Waals surface area contributed by atoms with Crippen LogP contribution in [0.25, 0.3) is 0 Å². The third-order valence-corrected chi connectivity index (χ3v) is 8.36. The first-order chi connectivity index (χ1) is 8.61. The van der Waals surface area contributed by atoms with Crippen LogP contribution in [0, 0.1) is 38.2 Å². The molecule has 3 saturated carbocycles. The Kier molecular flexibility index (Phi) is 2.59. The second-order valence-electron chi connectivity index (χ2n) is 8.12. The summed E-state index contributed by atoms with van der Waals surface area (Å²) in [4.78, 5) is 11.5. The van der Waals surface area contributed by atoms with Gasteiger partial charge in [-0.2, -0.15) is 0 Å². The highest BCUT2D eigenvalue weighted by atomic mass is 79.9. The van der Waals surface area contributed by atoms with Crippen LogP contribution in [0.2, 0.25) is 0 Å². The van der Waals surface area contributed by atoms with Gasteiger partial charge in [0.2, 0.25) is 0 Å². The number of rotatable bonds is 1. The molecular weight excluding hydrogens is 306 g/mol. The van der Waals surface area contributed by atoms with E-state index in [-0.39, 0.29) is 16.3 Å². The quantitative estimate of drug-likeness (QED) is 0.305. The van der Waals surface area contributed by atoms with Crippen LogP contribution in [0.1, 0.15) is 59.8 Å². The van der Waals surface area contributed by atoms with Crippen LogP contribution in [-0.2, 0) is 0 Å². The van der Waals surface area contributed by atoms with E-state index in [4.69, 9.17) is 0 Å². The van der Waals surface area contributed by atoms with Crippen LogP contribution in [-0.4, -0.2) is 9.37 Å². The summed E-state index contributed by atoms with van der Waals surface area (Å²) in [6, 6.07) is 0. The van der Waals surface area contributed by atoms with Gasteiger partial charge in [0.15, 0.2) is 0 Å². The summed E-state index contributed by atoms with van der Waals surface area (Å²) in [6.07, 6.45) is 5.53. The smallest absolute Gasteiger partial charge is 0.263 e. The van der Waals surface area contributed by atoms with Gasteiger partial charge in [0.05, 0.1) is 0 Å². The van der Waals surface area contributed by atoms with Crippen LogP contribution in [0.5, 0.6) is 0 Å². The summed E-state index contributed by atoms with van der Waals surface area (Å²) in [5.74, 6) is 0.652. The Hall–Kier alpha value is -0.120. The molecule has 19 heavy (non-hydrogen) atoms. The number of nitro groups is 1. The molecule has 3 nitrogen and oxygen atoms in total. The Balaban J connectivity index is 2.07. The molecule has 3 aliphatic carbocycles. The van der Waals surface area contributed by atoms with Crippen molar-refractivity contribution in [3.05, 3.63) is 10.1 Å². The molecule has 4 heteroatoms. The third kappa shape index (κ3) is 1.39. The van der Waals surface area contributed by atoms with Gasteiger partial charge in [-0.05, 0) is 41.4 Å². The minimum atomic E-state index is -0.903. The Morgan fingerprint density at radius 1 is 1.26 bits per heavy atom. The van der Waals surface area contributed by atoms with Crippen molar-refractivity contribution in [1.82, 2.24) is 0 Å². The number of alkyl halides is 1. The Morgan fingerprint density at radius 3 is 2.47 bits per heavy atom. The van der Waals surface area contributed by atoms with E-state index in [2.05, 4.69) is 43.6 Å². The zero-order valence-corrected chi connectivity index (χ0v) is 13.9. The number of hydrogen-bond acceptors (Lipinski definition) is 2. The molecule has 0 aliphatic heterocycles. The van der Waals surface area contributed by atoms with Gasteiger partial charge in [-0.1, -0.05) is 34.1 Å². The summed E-state index contributed by atoms with van der Waals surface area (Å²) in [6.45, 7) is 9.19. The van der Waals surface area contributed by atoms with Crippen molar-refractivity contribution >= 4 is 15.9 Å². The topological polar surface area (TPSA) is 43.1 Å². The molecule has 3 fully saturated rings. The van der Waals surface area contributed by atoms with Crippen LogP contribution in [0.4, 0.5) is 0 Å². The zero-order valence-electron chi connectivity index (χ0n) is 12.3. The molecule has 0 amide bonds. The van der Waals surface area contributed by atoms with Gasteiger partial charge in [-0.15, -0.1) is 0 Å². The SMILES string of the molecule is C[C@@H]1[C@@H]2C[C@@]23C(C)(C)CCC[C@@]3(C)C[C@]1(Br)[N+](=O)[O-]. The molecule has 108 valence electrons. The largest absolute Gasteiger partial charge is 0.277 e. The molecule has 0 heterocycles. The summed E-state index contributed by atoms with van der Waals surface area (Å²) in [5, 5.41) is 11.6. The van der Waals surface area contributed by atoms with E-state index in [9.17, 15) is 10.1 Å². The minimum Gasteiger partial charge on any atom is -0.263 e. The Labute approximate surface area is 123 Å². The molecule has 0 aromatic heterocycles.